The maximum absolute atomic E-state index is 6.74. The van der Waals surface area contributed by atoms with Crippen LogP contribution in [0.25, 0.3) is 4.85 Å². The van der Waals surface area contributed by atoms with E-state index >= 15 is 0 Å². The molecule has 3 heteroatoms. The Morgan fingerprint density at radius 2 is 2.29 bits per heavy atom. The van der Waals surface area contributed by atoms with Crippen molar-refractivity contribution in [3.05, 3.63) is 11.4 Å². The molecule has 1 aliphatic heterocycles. The molecule has 0 N–H and O–H groups in total. The minimum absolute atomic E-state index is 0.199. The van der Waals surface area contributed by atoms with Crippen LogP contribution in [0.3, 0.4) is 0 Å². The lowest BCUT2D eigenvalue weighted by molar-refractivity contribution is -0.0185. The molecule has 0 aromatic rings. The molecule has 0 radical (unpaired) electrons. The largest absolute Gasteiger partial charge is 0.375 e. The molecule has 4 atom stereocenters. The second-order valence-electron chi connectivity index (χ2n) is 4.21. The number of rotatable bonds is 4. The van der Waals surface area contributed by atoms with E-state index in [1.165, 1.54) is 0 Å². The summed E-state index contributed by atoms with van der Waals surface area (Å²) in [6, 6.07) is 0. The summed E-state index contributed by atoms with van der Waals surface area (Å²) in [4.78, 5) is 3.35. The van der Waals surface area contributed by atoms with Gasteiger partial charge in [0.2, 0.25) is 6.54 Å². The van der Waals surface area contributed by atoms with Crippen LogP contribution >= 0.6 is 0 Å². The van der Waals surface area contributed by atoms with Crippen LogP contribution in [0.5, 0.6) is 0 Å². The van der Waals surface area contributed by atoms with Crippen molar-refractivity contribution < 1.29 is 9.47 Å². The highest BCUT2D eigenvalue weighted by molar-refractivity contribution is 4.78. The molecule has 0 aromatic carbocycles. The molecule has 0 saturated carbocycles. The maximum Gasteiger partial charge on any atom is 0.219 e. The van der Waals surface area contributed by atoms with E-state index in [4.69, 9.17) is 16.0 Å². The van der Waals surface area contributed by atoms with Crippen LogP contribution in [0.1, 0.15) is 27.2 Å². The van der Waals surface area contributed by atoms with Gasteiger partial charge in [-0.3, -0.25) is 0 Å². The van der Waals surface area contributed by atoms with Gasteiger partial charge in [-0.25, -0.2) is 6.57 Å². The summed E-state index contributed by atoms with van der Waals surface area (Å²) in [6.45, 7) is 14.1. The first-order valence-electron chi connectivity index (χ1n) is 5.23. The van der Waals surface area contributed by atoms with Crippen LogP contribution in [0, 0.1) is 12.5 Å². The van der Waals surface area contributed by atoms with Gasteiger partial charge in [0.1, 0.15) is 0 Å². The van der Waals surface area contributed by atoms with Gasteiger partial charge >= 0.3 is 0 Å². The van der Waals surface area contributed by atoms with E-state index in [1.807, 2.05) is 13.8 Å². The Balaban J connectivity index is 2.22. The molecule has 0 aliphatic carbocycles. The van der Waals surface area contributed by atoms with E-state index in [-0.39, 0.29) is 12.2 Å². The molecule has 0 aromatic heterocycles. The van der Waals surface area contributed by atoms with E-state index in [1.54, 1.807) is 0 Å². The zero-order chi connectivity index (χ0) is 10.6. The minimum atomic E-state index is 0.199. The molecule has 14 heavy (non-hydrogen) atoms. The third-order valence-corrected chi connectivity index (χ3v) is 2.53. The second-order valence-corrected chi connectivity index (χ2v) is 4.21. The fraction of sp³-hybridized carbons (Fsp3) is 0.909. The number of nitrogens with zero attached hydrogens (tertiary/aromatic N) is 1. The van der Waals surface area contributed by atoms with Crippen molar-refractivity contribution in [1.29, 1.82) is 0 Å². The normalized spacial score (nSPS) is 34.0. The van der Waals surface area contributed by atoms with E-state index in [0.717, 1.165) is 6.42 Å². The molecular formula is C11H19NO2. The Bertz CT molecular complexity index is 212. The van der Waals surface area contributed by atoms with Crippen LogP contribution in [-0.4, -0.2) is 31.5 Å². The Morgan fingerprint density at radius 3 is 2.79 bits per heavy atom. The Labute approximate surface area is 86.2 Å². The molecule has 0 amide bonds. The first-order chi connectivity index (χ1) is 6.63. The topological polar surface area (TPSA) is 22.8 Å². The predicted octanol–water partition coefficient (Wildman–Crippen LogP) is 2.12. The second kappa shape index (κ2) is 5.33. The SMILES string of the molecule is [C-]#[N+]CC(C)CO[C@@H]1C[C@H](C)O[C@@H]1C. The summed E-state index contributed by atoms with van der Waals surface area (Å²) >= 11 is 0. The molecule has 1 unspecified atom stereocenters. The molecule has 1 saturated heterocycles. The molecule has 1 aliphatic rings. The summed E-state index contributed by atoms with van der Waals surface area (Å²) in [5, 5.41) is 0. The van der Waals surface area contributed by atoms with E-state index in [2.05, 4.69) is 11.8 Å². The average molecular weight is 197 g/mol. The van der Waals surface area contributed by atoms with Gasteiger partial charge in [0, 0.05) is 6.42 Å². The highest BCUT2D eigenvalue weighted by atomic mass is 16.6. The molecule has 1 fully saturated rings. The molecule has 0 spiro atoms. The molecule has 1 rings (SSSR count). The number of hydrogen-bond donors (Lipinski definition) is 0. The molecule has 0 bridgehead atoms. The van der Waals surface area contributed by atoms with Gasteiger partial charge in [-0.1, -0.05) is 6.92 Å². The standard InChI is InChI=1S/C11H19NO2/c1-8(6-12-4)7-13-11-5-9(2)14-10(11)3/h8-11H,5-7H2,1-3H3/t8?,9-,10+,11+/m0/s1. The fourth-order valence-electron chi connectivity index (χ4n) is 1.73. The maximum atomic E-state index is 6.74. The Morgan fingerprint density at radius 1 is 1.57 bits per heavy atom. The fourth-order valence-corrected chi connectivity index (χ4v) is 1.73. The van der Waals surface area contributed by atoms with Gasteiger partial charge in [0.25, 0.3) is 0 Å². The lowest BCUT2D eigenvalue weighted by atomic mass is 10.1. The van der Waals surface area contributed by atoms with Crippen LogP contribution in [0.15, 0.2) is 0 Å². The summed E-state index contributed by atoms with van der Waals surface area (Å²) < 4.78 is 11.3. The predicted molar refractivity (Wildman–Crippen MR) is 55.0 cm³/mol. The van der Waals surface area contributed by atoms with Crippen molar-refractivity contribution in [2.45, 2.75) is 45.5 Å². The lowest BCUT2D eigenvalue weighted by Crippen LogP contribution is -2.24. The highest BCUT2D eigenvalue weighted by Crippen LogP contribution is 2.22. The summed E-state index contributed by atoms with van der Waals surface area (Å²) in [6.07, 6.45) is 1.71. The number of hydrogen-bond acceptors (Lipinski definition) is 2. The van der Waals surface area contributed by atoms with Crippen molar-refractivity contribution in [2.75, 3.05) is 13.2 Å². The van der Waals surface area contributed by atoms with Crippen LogP contribution < -0.4 is 0 Å². The first kappa shape index (κ1) is 11.5. The molecular weight excluding hydrogens is 178 g/mol. The molecule has 3 nitrogen and oxygen atoms in total. The Hall–Kier alpha value is -0.590. The van der Waals surface area contributed by atoms with Crippen molar-refractivity contribution in [1.82, 2.24) is 0 Å². The summed E-state index contributed by atoms with van der Waals surface area (Å²) in [7, 11) is 0. The minimum Gasteiger partial charge on any atom is -0.375 e. The Kier molecular flexibility index (Phi) is 4.37. The van der Waals surface area contributed by atoms with Gasteiger partial charge in [0.15, 0.2) is 0 Å². The van der Waals surface area contributed by atoms with Crippen molar-refractivity contribution in [3.63, 3.8) is 0 Å². The van der Waals surface area contributed by atoms with E-state index < -0.39 is 0 Å². The summed E-state index contributed by atoms with van der Waals surface area (Å²) in [5.74, 6) is 0.329. The van der Waals surface area contributed by atoms with E-state index in [9.17, 15) is 0 Å². The smallest absolute Gasteiger partial charge is 0.219 e. The van der Waals surface area contributed by atoms with Crippen molar-refractivity contribution in [3.8, 4) is 0 Å². The van der Waals surface area contributed by atoms with E-state index in [0.29, 0.717) is 25.2 Å². The van der Waals surface area contributed by atoms with Crippen molar-refractivity contribution >= 4 is 0 Å². The average Bonchev–Trinajstić information content (AvgIpc) is 2.42. The highest BCUT2D eigenvalue weighted by Gasteiger charge is 2.30. The zero-order valence-corrected chi connectivity index (χ0v) is 9.19. The van der Waals surface area contributed by atoms with Gasteiger partial charge in [-0.05, 0) is 13.8 Å². The van der Waals surface area contributed by atoms with Gasteiger partial charge in [-0.2, -0.15) is 0 Å². The molecule has 80 valence electrons. The van der Waals surface area contributed by atoms with Gasteiger partial charge in [-0.15, -0.1) is 0 Å². The zero-order valence-electron chi connectivity index (χ0n) is 9.19. The van der Waals surface area contributed by atoms with Crippen molar-refractivity contribution in [2.24, 2.45) is 5.92 Å². The molecule has 1 heterocycles. The quantitative estimate of drug-likeness (QED) is 0.644. The third-order valence-electron chi connectivity index (χ3n) is 2.53. The van der Waals surface area contributed by atoms with Gasteiger partial charge < -0.3 is 14.3 Å². The third kappa shape index (κ3) is 3.28. The monoisotopic (exact) mass is 197 g/mol. The lowest BCUT2D eigenvalue weighted by Gasteiger charge is -2.16. The summed E-state index contributed by atoms with van der Waals surface area (Å²) in [5.41, 5.74) is 0. The van der Waals surface area contributed by atoms with Crippen LogP contribution in [0.2, 0.25) is 0 Å². The first-order valence-corrected chi connectivity index (χ1v) is 5.23. The number of ether oxygens (including phenoxy) is 2. The van der Waals surface area contributed by atoms with Gasteiger partial charge in [0.05, 0.1) is 30.8 Å². The van der Waals surface area contributed by atoms with Crippen LogP contribution in [-0.2, 0) is 9.47 Å². The van der Waals surface area contributed by atoms with Crippen LogP contribution in [0.4, 0.5) is 0 Å².